The Hall–Kier alpha value is -1.91. The number of carbonyl (C=O) groups excluding carboxylic acids is 1. The first-order chi connectivity index (χ1) is 11.4. The van der Waals surface area contributed by atoms with Crippen molar-refractivity contribution >= 4 is 11.9 Å². The third-order valence-electron chi connectivity index (χ3n) is 5.00. The van der Waals surface area contributed by atoms with E-state index in [-0.39, 0.29) is 24.3 Å². The molecular formula is C19H28N2O3. The van der Waals surface area contributed by atoms with E-state index in [1.807, 2.05) is 32.0 Å². The van der Waals surface area contributed by atoms with Crippen LogP contribution in [0, 0.1) is 11.3 Å². The Labute approximate surface area is 143 Å². The summed E-state index contributed by atoms with van der Waals surface area (Å²) in [7, 11) is 0. The molecule has 1 aromatic rings. The van der Waals surface area contributed by atoms with Gasteiger partial charge in [0.05, 0.1) is 17.2 Å². The van der Waals surface area contributed by atoms with Crippen molar-refractivity contribution in [2.45, 2.75) is 64.8 Å². The minimum atomic E-state index is -0.910. The number of carboxylic acids is 1. The fraction of sp³-hybridized carbons (Fsp3) is 0.632. The summed E-state index contributed by atoms with van der Waals surface area (Å²) < 4.78 is 0. The quantitative estimate of drug-likeness (QED) is 0.778. The number of aliphatic carboxylic acids is 1. The van der Waals surface area contributed by atoms with E-state index < -0.39 is 11.4 Å². The molecule has 0 spiro atoms. The van der Waals surface area contributed by atoms with E-state index in [4.69, 9.17) is 0 Å². The second-order valence-corrected chi connectivity index (χ2v) is 7.22. The van der Waals surface area contributed by atoms with Gasteiger partial charge in [0, 0.05) is 12.6 Å². The number of rotatable bonds is 6. The van der Waals surface area contributed by atoms with Crippen LogP contribution in [-0.4, -0.2) is 22.0 Å². The van der Waals surface area contributed by atoms with E-state index in [2.05, 4.69) is 10.3 Å². The summed E-state index contributed by atoms with van der Waals surface area (Å²) in [6.45, 7) is 4.05. The Morgan fingerprint density at radius 3 is 2.38 bits per heavy atom. The molecule has 5 nitrogen and oxygen atoms in total. The van der Waals surface area contributed by atoms with Gasteiger partial charge in [-0.3, -0.25) is 14.6 Å². The minimum absolute atomic E-state index is 0.0540. The van der Waals surface area contributed by atoms with Gasteiger partial charge < -0.3 is 10.4 Å². The Morgan fingerprint density at radius 1 is 1.21 bits per heavy atom. The second-order valence-electron chi connectivity index (χ2n) is 7.22. The zero-order valence-corrected chi connectivity index (χ0v) is 14.6. The molecule has 0 aliphatic heterocycles. The number of nitrogens with zero attached hydrogens (tertiary/aromatic N) is 1. The van der Waals surface area contributed by atoms with Crippen LogP contribution in [0.1, 0.15) is 70.5 Å². The van der Waals surface area contributed by atoms with Crippen LogP contribution in [0.5, 0.6) is 0 Å². The number of aromatic nitrogens is 1. The number of hydrogen-bond acceptors (Lipinski definition) is 3. The summed E-state index contributed by atoms with van der Waals surface area (Å²) in [6.07, 6.45) is 6.82. The molecule has 2 N–H and O–H groups in total. The molecule has 24 heavy (non-hydrogen) atoms. The molecule has 1 aliphatic rings. The maximum atomic E-state index is 12.6. The number of pyridine rings is 1. The third-order valence-corrected chi connectivity index (χ3v) is 5.00. The van der Waals surface area contributed by atoms with E-state index >= 15 is 0 Å². The number of carbonyl (C=O) groups is 2. The molecular weight excluding hydrogens is 304 g/mol. The monoisotopic (exact) mass is 332 g/mol. The van der Waals surface area contributed by atoms with Gasteiger partial charge in [0.1, 0.15) is 0 Å². The summed E-state index contributed by atoms with van der Waals surface area (Å²) in [5, 5.41) is 12.7. The number of nitrogens with one attached hydrogen (secondary N) is 1. The maximum absolute atomic E-state index is 12.6. The Bertz CT molecular complexity index is 549. The molecule has 0 radical (unpaired) electrons. The smallest absolute Gasteiger partial charge is 0.310 e. The van der Waals surface area contributed by atoms with Crippen molar-refractivity contribution in [3.05, 3.63) is 30.1 Å². The summed E-state index contributed by atoms with van der Waals surface area (Å²) >= 11 is 0. The fourth-order valence-electron chi connectivity index (χ4n) is 3.55. The van der Waals surface area contributed by atoms with Crippen LogP contribution in [0.2, 0.25) is 0 Å². The lowest BCUT2D eigenvalue weighted by Gasteiger charge is -2.29. The van der Waals surface area contributed by atoms with E-state index in [0.717, 1.165) is 31.4 Å². The van der Waals surface area contributed by atoms with Crippen molar-refractivity contribution in [2.75, 3.05) is 0 Å². The minimum Gasteiger partial charge on any atom is -0.481 e. The number of hydrogen-bond donors (Lipinski definition) is 2. The van der Waals surface area contributed by atoms with Crippen molar-refractivity contribution in [3.8, 4) is 0 Å². The largest absolute Gasteiger partial charge is 0.481 e. The average molecular weight is 332 g/mol. The van der Waals surface area contributed by atoms with E-state index in [0.29, 0.717) is 12.8 Å². The van der Waals surface area contributed by atoms with Crippen molar-refractivity contribution in [3.63, 3.8) is 0 Å². The fourth-order valence-corrected chi connectivity index (χ4v) is 3.55. The van der Waals surface area contributed by atoms with Crippen molar-refractivity contribution in [1.29, 1.82) is 0 Å². The predicted octanol–water partition coefficient (Wildman–Crippen LogP) is 3.71. The van der Waals surface area contributed by atoms with Gasteiger partial charge in [-0.15, -0.1) is 0 Å². The third kappa shape index (κ3) is 4.56. The lowest BCUT2D eigenvalue weighted by Crippen LogP contribution is -2.40. The van der Waals surface area contributed by atoms with Crippen molar-refractivity contribution < 1.29 is 14.7 Å². The average Bonchev–Trinajstić information content (AvgIpc) is 2.79. The molecule has 1 amide bonds. The Balaban J connectivity index is 2.10. The Morgan fingerprint density at radius 2 is 1.88 bits per heavy atom. The van der Waals surface area contributed by atoms with Gasteiger partial charge in [0.2, 0.25) is 5.91 Å². The van der Waals surface area contributed by atoms with Gasteiger partial charge in [0.25, 0.3) is 0 Å². The van der Waals surface area contributed by atoms with Crippen LogP contribution in [-0.2, 0) is 9.59 Å². The van der Waals surface area contributed by atoms with Crippen LogP contribution in [0.25, 0.3) is 0 Å². The highest BCUT2D eigenvalue weighted by Crippen LogP contribution is 2.38. The molecule has 132 valence electrons. The van der Waals surface area contributed by atoms with E-state index in [1.165, 1.54) is 0 Å². The molecule has 1 saturated carbocycles. The number of amides is 1. The Kier molecular flexibility index (Phi) is 6.35. The van der Waals surface area contributed by atoms with Gasteiger partial charge >= 0.3 is 5.97 Å². The van der Waals surface area contributed by atoms with Gasteiger partial charge in [0.15, 0.2) is 0 Å². The molecule has 1 aliphatic carbocycles. The molecule has 0 saturated heterocycles. The topological polar surface area (TPSA) is 79.3 Å². The predicted molar refractivity (Wildman–Crippen MR) is 92.3 cm³/mol. The van der Waals surface area contributed by atoms with Crippen LogP contribution in [0.15, 0.2) is 24.4 Å². The molecule has 0 aromatic carbocycles. The highest BCUT2D eigenvalue weighted by atomic mass is 16.4. The van der Waals surface area contributed by atoms with Crippen LogP contribution < -0.4 is 5.32 Å². The van der Waals surface area contributed by atoms with Gasteiger partial charge in [-0.25, -0.2) is 0 Å². The lowest BCUT2D eigenvalue weighted by molar-refractivity contribution is -0.153. The maximum Gasteiger partial charge on any atom is 0.310 e. The molecule has 0 bridgehead atoms. The van der Waals surface area contributed by atoms with Gasteiger partial charge in [-0.2, -0.15) is 0 Å². The first-order valence-electron chi connectivity index (χ1n) is 8.88. The molecule has 1 atom stereocenters. The van der Waals surface area contributed by atoms with Gasteiger partial charge in [-0.05, 0) is 30.9 Å². The lowest BCUT2D eigenvalue weighted by atomic mass is 9.77. The highest BCUT2D eigenvalue weighted by Gasteiger charge is 2.41. The summed E-state index contributed by atoms with van der Waals surface area (Å²) in [5.41, 5.74) is -0.0993. The molecule has 5 heteroatoms. The summed E-state index contributed by atoms with van der Waals surface area (Å²) in [5.74, 6) is -0.846. The summed E-state index contributed by atoms with van der Waals surface area (Å²) in [4.78, 5) is 28.8. The first kappa shape index (κ1) is 18.4. The van der Waals surface area contributed by atoms with Crippen molar-refractivity contribution in [2.24, 2.45) is 11.3 Å². The molecule has 1 heterocycles. The molecule has 1 aromatic heterocycles. The summed E-state index contributed by atoms with van der Waals surface area (Å²) in [6, 6.07) is 5.43. The SMILES string of the molecule is CC(C)C(NC(=O)CC1(C(=O)O)CCCCCC1)c1ccccn1. The first-order valence-corrected chi connectivity index (χ1v) is 8.88. The van der Waals surface area contributed by atoms with E-state index in [9.17, 15) is 14.7 Å². The standard InChI is InChI=1S/C19H28N2O3/c1-14(2)17(15-9-5-8-12-20-15)21-16(22)13-19(18(23)24)10-6-3-4-7-11-19/h5,8-9,12,14,17H,3-4,6-7,10-11,13H2,1-2H3,(H,21,22)(H,23,24). The van der Waals surface area contributed by atoms with Crippen LogP contribution >= 0.6 is 0 Å². The highest BCUT2D eigenvalue weighted by molar-refractivity contribution is 5.85. The molecule has 1 fully saturated rings. The number of carboxylic acid groups (broad SMARTS) is 1. The molecule has 1 unspecified atom stereocenters. The second kappa shape index (κ2) is 8.27. The van der Waals surface area contributed by atoms with Crippen molar-refractivity contribution in [1.82, 2.24) is 10.3 Å². The molecule has 2 rings (SSSR count). The zero-order valence-electron chi connectivity index (χ0n) is 14.6. The van der Waals surface area contributed by atoms with Crippen LogP contribution in [0.3, 0.4) is 0 Å². The van der Waals surface area contributed by atoms with Gasteiger partial charge in [-0.1, -0.05) is 45.6 Å². The zero-order chi connectivity index (χ0) is 17.6. The van der Waals surface area contributed by atoms with Crippen LogP contribution in [0.4, 0.5) is 0 Å². The normalized spacial score (nSPS) is 18.6. The van der Waals surface area contributed by atoms with E-state index in [1.54, 1.807) is 6.20 Å².